The first kappa shape index (κ1) is 24.7. The van der Waals surface area contributed by atoms with Crippen molar-refractivity contribution in [1.29, 1.82) is 0 Å². The molecule has 7 heteroatoms. The van der Waals surface area contributed by atoms with Crippen molar-refractivity contribution in [3.05, 3.63) is 65.2 Å². The van der Waals surface area contributed by atoms with Gasteiger partial charge >= 0.3 is 5.97 Å². The minimum absolute atomic E-state index is 0.0299. The van der Waals surface area contributed by atoms with E-state index in [1.54, 1.807) is 12.1 Å². The quantitative estimate of drug-likeness (QED) is 0.452. The second-order valence-corrected chi connectivity index (χ2v) is 12.1. The fourth-order valence-corrected chi connectivity index (χ4v) is 8.30. The molecule has 2 aromatic rings. The van der Waals surface area contributed by atoms with Crippen LogP contribution in [0, 0.1) is 11.8 Å². The van der Waals surface area contributed by atoms with Gasteiger partial charge in [-0.1, -0.05) is 36.4 Å². The summed E-state index contributed by atoms with van der Waals surface area (Å²) in [6.45, 7) is 3.38. The number of rotatable bonds is 6. The van der Waals surface area contributed by atoms with Crippen molar-refractivity contribution in [1.82, 2.24) is 9.80 Å². The maximum Gasteiger partial charge on any atom is 0.302 e. The highest BCUT2D eigenvalue weighted by molar-refractivity contribution is 5.92. The van der Waals surface area contributed by atoms with Crippen LogP contribution in [0.3, 0.4) is 0 Å². The molecule has 3 aliphatic carbocycles. The number of benzene rings is 2. The van der Waals surface area contributed by atoms with Crippen LogP contribution >= 0.6 is 0 Å². The molecule has 2 bridgehead atoms. The summed E-state index contributed by atoms with van der Waals surface area (Å²) in [6.07, 6.45) is 8.10. The van der Waals surface area contributed by atoms with Crippen LogP contribution in [-0.4, -0.2) is 71.2 Å². The molecular weight excluding hydrogens is 492 g/mol. The number of likely N-dealkylation sites (N-methyl/N-ethyl adjacent to an activating group) is 1. The molecule has 0 aromatic heterocycles. The number of hydrogen-bond acceptors (Lipinski definition) is 6. The third-order valence-electron chi connectivity index (χ3n) is 10.1. The van der Waals surface area contributed by atoms with Gasteiger partial charge in [-0.15, -0.1) is 0 Å². The van der Waals surface area contributed by atoms with E-state index in [0.717, 1.165) is 50.8 Å². The standard InChI is InChI=1S/C32H36N2O5/c1-19(35)38-27-17-22(27)18-34-15-14-32-23-10-11-24(33(2)28(37)13-8-20-6-4-3-5-7-20)31(32)39-30-26(36)12-9-21(29(30)32)16-25(23)34/h3-9,12-13,22-25,27,31,36H,10-11,14-18H2,1-2H3/t22?,23-,24+,25+,27?,31-,32-/m0/s1. The smallest absolute Gasteiger partial charge is 0.302 e. The summed E-state index contributed by atoms with van der Waals surface area (Å²) < 4.78 is 12.2. The van der Waals surface area contributed by atoms with Crippen LogP contribution in [0.4, 0.5) is 0 Å². The average Bonchev–Trinajstić information content (AvgIpc) is 3.55. The summed E-state index contributed by atoms with van der Waals surface area (Å²) in [5.41, 5.74) is 3.25. The lowest BCUT2D eigenvalue weighted by Gasteiger charge is -2.60. The first-order valence-electron chi connectivity index (χ1n) is 14.3. The van der Waals surface area contributed by atoms with E-state index in [1.807, 2.05) is 48.4 Å². The highest BCUT2D eigenvalue weighted by Gasteiger charge is 2.66. The predicted octanol–water partition coefficient (Wildman–Crippen LogP) is 3.92. The summed E-state index contributed by atoms with van der Waals surface area (Å²) >= 11 is 0. The van der Waals surface area contributed by atoms with Crippen LogP contribution in [-0.2, 0) is 26.2 Å². The second kappa shape index (κ2) is 9.12. The number of carbonyl (C=O) groups is 2. The zero-order valence-corrected chi connectivity index (χ0v) is 22.6. The lowest BCUT2D eigenvalue weighted by molar-refractivity contribution is -0.142. The number of ether oxygens (including phenoxy) is 2. The number of phenolic OH excluding ortho intramolecular Hbond substituents is 1. The molecule has 0 radical (unpaired) electrons. The van der Waals surface area contributed by atoms with Crippen LogP contribution in [0.5, 0.6) is 11.5 Å². The molecule has 2 aromatic carbocycles. The Morgan fingerprint density at radius 1 is 1.21 bits per heavy atom. The van der Waals surface area contributed by atoms with Crippen molar-refractivity contribution in [3.63, 3.8) is 0 Å². The number of phenols is 1. The SMILES string of the molecule is CC(=O)OC1CC1CN1CC[C@]23c4c5ccc(O)c4O[C@H]2[C@H](N(C)C(=O)C=Cc2ccccc2)CC[C@H]3[C@H]1C5. The number of nitrogens with zero attached hydrogens (tertiary/aromatic N) is 2. The van der Waals surface area contributed by atoms with Crippen LogP contribution in [0.2, 0.25) is 0 Å². The van der Waals surface area contributed by atoms with Gasteiger partial charge in [-0.2, -0.15) is 0 Å². The van der Waals surface area contributed by atoms with Crippen molar-refractivity contribution in [2.24, 2.45) is 11.8 Å². The van der Waals surface area contributed by atoms with Crippen LogP contribution in [0.1, 0.15) is 49.3 Å². The summed E-state index contributed by atoms with van der Waals surface area (Å²) in [5.74, 6) is 1.43. The Morgan fingerprint density at radius 2 is 2.03 bits per heavy atom. The summed E-state index contributed by atoms with van der Waals surface area (Å²) in [6, 6.07) is 14.0. The Morgan fingerprint density at radius 3 is 2.82 bits per heavy atom. The topological polar surface area (TPSA) is 79.3 Å². The molecule has 1 saturated heterocycles. The monoisotopic (exact) mass is 528 g/mol. The summed E-state index contributed by atoms with van der Waals surface area (Å²) in [7, 11) is 1.89. The number of piperidine rings is 1. The molecule has 3 fully saturated rings. The van der Waals surface area contributed by atoms with Crippen molar-refractivity contribution in [3.8, 4) is 11.5 Å². The van der Waals surface area contributed by atoms with Gasteiger partial charge in [0.25, 0.3) is 0 Å². The largest absolute Gasteiger partial charge is 0.504 e. The maximum absolute atomic E-state index is 13.4. The number of likely N-dealkylation sites (tertiary alicyclic amines) is 1. The Kier molecular flexibility index (Phi) is 5.78. The third kappa shape index (κ3) is 3.88. The van der Waals surface area contributed by atoms with Crippen molar-refractivity contribution in [2.75, 3.05) is 20.1 Å². The van der Waals surface area contributed by atoms with E-state index in [2.05, 4.69) is 11.0 Å². The van der Waals surface area contributed by atoms with Crippen molar-refractivity contribution in [2.45, 2.75) is 68.7 Å². The van der Waals surface area contributed by atoms with Gasteiger partial charge < -0.3 is 19.5 Å². The predicted molar refractivity (Wildman–Crippen MR) is 146 cm³/mol. The summed E-state index contributed by atoms with van der Waals surface area (Å²) in [5, 5.41) is 10.9. The second-order valence-electron chi connectivity index (χ2n) is 12.1. The number of amides is 1. The van der Waals surface area contributed by atoms with Gasteiger partial charge in [0, 0.05) is 49.5 Å². The number of carbonyl (C=O) groups excluding carboxylic acids is 2. The lowest BCUT2D eigenvalue weighted by atomic mass is 9.51. The Labute approximate surface area is 229 Å². The molecule has 7 nitrogen and oxygen atoms in total. The molecule has 5 aliphatic rings. The zero-order valence-electron chi connectivity index (χ0n) is 22.6. The van der Waals surface area contributed by atoms with Gasteiger partial charge in [-0.25, -0.2) is 0 Å². The Balaban J connectivity index is 1.17. The van der Waals surface area contributed by atoms with Gasteiger partial charge in [0.1, 0.15) is 12.2 Å². The first-order valence-corrected chi connectivity index (χ1v) is 14.3. The van der Waals surface area contributed by atoms with E-state index in [0.29, 0.717) is 23.6 Å². The Bertz CT molecular complexity index is 1340. The molecule has 2 unspecified atom stereocenters. The summed E-state index contributed by atoms with van der Waals surface area (Å²) in [4.78, 5) is 29.3. The molecule has 2 heterocycles. The normalized spacial score (nSPS) is 33.8. The minimum Gasteiger partial charge on any atom is -0.504 e. The van der Waals surface area contributed by atoms with E-state index in [9.17, 15) is 14.7 Å². The average molecular weight is 529 g/mol. The number of hydrogen-bond donors (Lipinski definition) is 1. The van der Waals surface area contributed by atoms with Gasteiger partial charge in [0.05, 0.1) is 6.04 Å². The molecule has 1 spiro atoms. The minimum atomic E-state index is -0.206. The maximum atomic E-state index is 13.4. The fourth-order valence-electron chi connectivity index (χ4n) is 8.30. The highest BCUT2D eigenvalue weighted by atomic mass is 16.5. The highest BCUT2D eigenvalue weighted by Crippen LogP contribution is 2.64. The molecule has 2 saturated carbocycles. The molecule has 39 heavy (non-hydrogen) atoms. The first-order chi connectivity index (χ1) is 18.9. The van der Waals surface area contributed by atoms with Crippen LogP contribution in [0.15, 0.2) is 48.5 Å². The van der Waals surface area contributed by atoms with Gasteiger partial charge in [0.2, 0.25) is 5.91 Å². The molecule has 2 aliphatic heterocycles. The van der Waals surface area contributed by atoms with E-state index in [-0.39, 0.29) is 41.3 Å². The van der Waals surface area contributed by atoms with E-state index < -0.39 is 0 Å². The van der Waals surface area contributed by atoms with Crippen molar-refractivity contribution >= 4 is 18.0 Å². The molecular formula is C32H36N2O5. The number of aromatic hydroxyl groups is 1. The zero-order chi connectivity index (χ0) is 26.9. The Hall–Kier alpha value is -3.32. The van der Waals surface area contributed by atoms with Gasteiger partial charge in [-0.05, 0) is 67.8 Å². The molecule has 1 N–H and O–H groups in total. The van der Waals surface area contributed by atoms with Gasteiger partial charge in [0.15, 0.2) is 11.5 Å². The van der Waals surface area contributed by atoms with Crippen LogP contribution in [0.25, 0.3) is 6.08 Å². The molecule has 1 amide bonds. The third-order valence-corrected chi connectivity index (χ3v) is 10.1. The number of esters is 1. The van der Waals surface area contributed by atoms with E-state index >= 15 is 0 Å². The van der Waals surface area contributed by atoms with E-state index in [1.165, 1.54) is 18.1 Å². The fraction of sp³-hybridized carbons (Fsp3) is 0.500. The van der Waals surface area contributed by atoms with E-state index in [4.69, 9.17) is 9.47 Å². The van der Waals surface area contributed by atoms with Crippen LogP contribution < -0.4 is 4.74 Å². The van der Waals surface area contributed by atoms with Crippen molar-refractivity contribution < 1.29 is 24.2 Å². The van der Waals surface area contributed by atoms with Gasteiger partial charge in [-0.3, -0.25) is 14.5 Å². The molecule has 7 atom stereocenters. The lowest BCUT2D eigenvalue weighted by Crippen LogP contribution is -2.69. The molecule has 204 valence electrons. The molecule has 7 rings (SSSR count).